The average Bonchev–Trinajstić information content (AvgIpc) is 2.71. The first-order chi connectivity index (χ1) is 13.9. The van der Waals surface area contributed by atoms with Gasteiger partial charge < -0.3 is 0 Å². The molecule has 2 nitrogen and oxygen atoms in total. The Labute approximate surface area is 173 Å². The first kappa shape index (κ1) is 19.3. The van der Waals surface area contributed by atoms with Gasteiger partial charge in [0, 0.05) is 40.7 Å². The van der Waals surface area contributed by atoms with E-state index in [0.717, 1.165) is 11.3 Å². The number of aryl methyl sites for hydroxylation is 3. The lowest BCUT2D eigenvalue weighted by atomic mass is 9.94. The Morgan fingerprint density at radius 1 is 0.862 bits per heavy atom. The first-order valence-electron chi connectivity index (χ1n) is 10.3. The second kappa shape index (κ2) is 7.44. The van der Waals surface area contributed by atoms with Crippen LogP contribution in [0, 0.1) is 20.8 Å². The number of fused-ring (bicyclic) bond motifs is 1. The molecule has 0 bridgehead atoms. The lowest BCUT2D eigenvalue weighted by Crippen LogP contribution is -2.32. The zero-order valence-corrected chi connectivity index (χ0v) is 18.2. The van der Waals surface area contributed by atoms with Crippen molar-refractivity contribution < 1.29 is 4.57 Å². The van der Waals surface area contributed by atoms with Crippen molar-refractivity contribution in [3.8, 4) is 22.4 Å². The summed E-state index contributed by atoms with van der Waals surface area (Å²) in [5.41, 5.74) is 11.2. The van der Waals surface area contributed by atoms with E-state index in [1.807, 2.05) is 6.20 Å². The van der Waals surface area contributed by atoms with Gasteiger partial charge in [0.2, 0.25) is 11.2 Å². The fraction of sp³-hybridized carbons (Fsp3) is 0.259. The van der Waals surface area contributed by atoms with Gasteiger partial charge in [0.25, 0.3) is 0 Å². The number of hydrogen-bond acceptors (Lipinski definition) is 1. The van der Waals surface area contributed by atoms with E-state index in [-0.39, 0.29) is 0 Å². The molecule has 0 aliphatic carbocycles. The second-order valence-electron chi connectivity index (χ2n) is 8.40. The molecule has 4 rings (SSSR count). The molecule has 0 amide bonds. The molecule has 0 radical (unpaired) electrons. The van der Waals surface area contributed by atoms with Gasteiger partial charge in [0.1, 0.15) is 7.05 Å². The maximum absolute atomic E-state index is 4.73. The minimum absolute atomic E-state index is 0.433. The van der Waals surface area contributed by atoms with Crippen LogP contribution in [0.2, 0.25) is 0 Å². The summed E-state index contributed by atoms with van der Waals surface area (Å²) in [5, 5.41) is 1.25. The van der Waals surface area contributed by atoms with Crippen LogP contribution in [0.25, 0.3) is 33.3 Å². The highest BCUT2D eigenvalue weighted by atomic mass is 14.9. The standard InChI is InChI=1S/C27H29N2/c1-17(2)25-12-11-21(16-28-25)24-15-27(23-14-18(3)13-19(4)20(23)5)29(6)26-10-8-7-9-22(24)26/h7-17H,1-6H3/q+1. The predicted octanol–water partition coefficient (Wildman–Crippen LogP) is 6.44. The molecule has 29 heavy (non-hydrogen) atoms. The Morgan fingerprint density at radius 3 is 2.31 bits per heavy atom. The first-order valence-corrected chi connectivity index (χ1v) is 10.3. The quantitative estimate of drug-likeness (QED) is 0.373. The predicted molar refractivity (Wildman–Crippen MR) is 122 cm³/mol. The van der Waals surface area contributed by atoms with E-state index in [9.17, 15) is 0 Å². The molecule has 2 heteroatoms. The Hall–Kier alpha value is -3.00. The Kier molecular flexibility index (Phi) is 4.96. The summed E-state index contributed by atoms with van der Waals surface area (Å²) in [4.78, 5) is 4.73. The van der Waals surface area contributed by atoms with Gasteiger partial charge in [-0.15, -0.1) is 0 Å². The van der Waals surface area contributed by atoms with Crippen LogP contribution in [0.1, 0.15) is 42.1 Å². The highest BCUT2D eigenvalue weighted by Crippen LogP contribution is 2.33. The van der Waals surface area contributed by atoms with Crippen molar-refractivity contribution in [3.05, 3.63) is 83.2 Å². The van der Waals surface area contributed by atoms with E-state index in [2.05, 4.69) is 101 Å². The van der Waals surface area contributed by atoms with Gasteiger partial charge in [-0.25, -0.2) is 0 Å². The number of para-hydroxylation sites is 1. The SMILES string of the molecule is Cc1cc(C)c(C)c(-c2cc(-c3ccc(C(C)C)nc3)c3ccccc3[n+]2C)c1. The fourth-order valence-corrected chi connectivity index (χ4v) is 4.14. The van der Waals surface area contributed by atoms with Gasteiger partial charge in [-0.2, -0.15) is 4.57 Å². The molecule has 2 aromatic carbocycles. The maximum Gasteiger partial charge on any atom is 0.213 e. The molecule has 0 atom stereocenters. The van der Waals surface area contributed by atoms with E-state index in [1.54, 1.807) is 0 Å². The van der Waals surface area contributed by atoms with E-state index in [1.165, 1.54) is 44.4 Å². The van der Waals surface area contributed by atoms with Gasteiger partial charge in [0.05, 0.1) is 5.39 Å². The zero-order valence-electron chi connectivity index (χ0n) is 18.2. The molecule has 0 saturated carbocycles. The van der Waals surface area contributed by atoms with Crippen LogP contribution in [0.15, 0.2) is 60.8 Å². The smallest absolute Gasteiger partial charge is 0.213 e. The zero-order chi connectivity index (χ0) is 20.7. The summed E-state index contributed by atoms with van der Waals surface area (Å²) in [6.07, 6.45) is 2.02. The van der Waals surface area contributed by atoms with Gasteiger partial charge in [0.15, 0.2) is 0 Å². The van der Waals surface area contributed by atoms with Gasteiger partial charge in [-0.3, -0.25) is 4.98 Å². The summed E-state index contributed by atoms with van der Waals surface area (Å²) >= 11 is 0. The number of hydrogen-bond donors (Lipinski definition) is 0. The number of benzene rings is 2. The van der Waals surface area contributed by atoms with Crippen molar-refractivity contribution in [1.29, 1.82) is 0 Å². The highest BCUT2D eigenvalue weighted by molar-refractivity contribution is 5.94. The van der Waals surface area contributed by atoms with E-state index in [4.69, 9.17) is 4.98 Å². The van der Waals surface area contributed by atoms with Crippen LogP contribution in [-0.2, 0) is 7.05 Å². The molecule has 0 fully saturated rings. The van der Waals surface area contributed by atoms with Gasteiger partial charge >= 0.3 is 0 Å². The molecule has 2 aromatic heterocycles. The lowest BCUT2D eigenvalue weighted by Gasteiger charge is -2.13. The van der Waals surface area contributed by atoms with E-state index >= 15 is 0 Å². The van der Waals surface area contributed by atoms with Crippen LogP contribution >= 0.6 is 0 Å². The summed E-state index contributed by atoms with van der Waals surface area (Å²) in [5.74, 6) is 0.433. The molecule has 0 aliphatic rings. The van der Waals surface area contributed by atoms with Crippen LogP contribution in [0.3, 0.4) is 0 Å². The Balaban J connectivity index is 2.02. The summed E-state index contributed by atoms with van der Waals surface area (Å²) in [6.45, 7) is 11.0. The number of nitrogens with zero attached hydrogens (tertiary/aromatic N) is 2. The van der Waals surface area contributed by atoms with Crippen molar-refractivity contribution in [3.63, 3.8) is 0 Å². The van der Waals surface area contributed by atoms with Crippen molar-refractivity contribution in [2.24, 2.45) is 7.05 Å². The van der Waals surface area contributed by atoms with Crippen molar-refractivity contribution >= 4 is 10.9 Å². The van der Waals surface area contributed by atoms with Crippen molar-refractivity contribution in [2.75, 3.05) is 0 Å². The highest BCUT2D eigenvalue weighted by Gasteiger charge is 2.21. The molecule has 2 heterocycles. The molecule has 0 spiro atoms. The molecular formula is C27H29N2+. The summed E-state index contributed by atoms with van der Waals surface area (Å²) in [6, 6.07) is 19.9. The molecule has 146 valence electrons. The molecule has 0 N–H and O–H groups in total. The molecule has 4 aromatic rings. The van der Waals surface area contributed by atoms with Gasteiger partial charge in [-0.05, 0) is 56.0 Å². The number of aromatic nitrogens is 2. The van der Waals surface area contributed by atoms with Crippen LogP contribution in [0.5, 0.6) is 0 Å². The van der Waals surface area contributed by atoms with Crippen LogP contribution in [-0.4, -0.2) is 4.98 Å². The summed E-state index contributed by atoms with van der Waals surface area (Å²) < 4.78 is 2.32. The fourth-order valence-electron chi connectivity index (χ4n) is 4.14. The van der Waals surface area contributed by atoms with Gasteiger partial charge in [-0.1, -0.05) is 43.7 Å². The third kappa shape index (κ3) is 3.44. The van der Waals surface area contributed by atoms with E-state index in [0.29, 0.717) is 5.92 Å². The summed E-state index contributed by atoms with van der Waals surface area (Å²) in [7, 11) is 2.17. The van der Waals surface area contributed by atoms with Crippen LogP contribution in [0.4, 0.5) is 0 Å². The van der Waals surface area contributed by atoms with E-state index < -0.39 is 0 Å². The normalized spacial score (nSPS) is 11.4. The average molecular weight is 382 g/mol. The number of rotatable bonds is 3. The molecule has 0 unspecified atom stereocenters. The minimum atomic E-state index is 0.433. The minimum Gasteiger partial charge on any atom is -0.260 e. The molecule has 0 saturated heterocycles. The third-order valence-electron chi connectivity index (χ3n) is 5.97. The topological polar surface area (TPSA) is 16.8 Å². The molecular weight excluding hydrogens is 352 g/mol. The number of pyridine rings is 2. The van der Waals surface area contributed by atoms with Crippen molar-refractivity contribution in [2.45, 2.75) is 40.5 Å². The Morgan fingerprint density at radius 2 is 1.62 bits per heavy atom. The Bertz CT molecular complexity index is 1200. The second-order valence-corrected chi connectivity index (χ2v) is 8.40. The third-order valence-corrected chi connectivity index (χ3v) is 5.97. The molecule has 0 aliphatic heterocycles. The van der Waals surface area contributed by atoms with Crippen molar-refractivity contribution in [1.82, 2.24) is 4.98 Å². The largest absolute Gasteiger partial charge is 0.260 e. The lowest BCUT2D eigenvalue weighted by molar-refractivity contribution is -0.633. The van der Waals surface area contributed by atoms with Crippen LogP contribution < -0.4 is 4.57 Å². The monoisotopic (exact) mass is 381 g/mol. The maximum atomic E-state index is 4.73.